The molecule has 2 rings (SSSR count). The number of thiophene rings is 2. The SMILES string of the molecule is CCNC(Cc1cccs1)c1sccc1Br. The highest BCUT2D eigenvalue weighted by atomic mass is 79.9. The van der Waals surface area contributed by atoms with Crippen LogP contribution in [0.1, 0.15) is 22.7 Å². The molecule has 2 aromatic heterocycles. The van der Waals surface area contributed by atoms with Gasteiger partial charge in [-0.3, -0.25) is 0 Å². The van der Waals surface area contributed by atoms with Gasteiger partial charge >= 0.3 is 0 Å². The Hall–Kier alpha value is -0.160. The summed E-state index contributed by atoms with van der Waals surface area (Å²) in [6.45, 7) is 3.16. The summed E-state index contributed by atoms with van der Waals surface area (Å²) >= 11 is 7.26. The Morgan fingerprint density at radius 2 is 2.19 bits per heavy atom. The monoisotopic (exact) mass is 315 g/mol. The van der Waals surface area contributed by atoms with E-state index in [4.69, 9.17) is 0 Å². The minimum atomic E-state index is 0.429. The molecule has 86 valence electrons. The minimum absolute atomic E-state index is 0.429. The van der Waals surface area contributed by atoms with Crippen molar-refractivity contribution >= 4 is 38.6 Å². The molecule has 0 aromatic carbocycles. The standard InChI is InChI=1S/C12H14BrNS2/c1-2-14-11(8-9-4-3-6-15-9)12-10(13)5-7-16-12/h3-7,11,14H,2,8H2,1H3. The molecule has 1 N–H and O–H groups in total. The Morgan fingerprint density at radius 1 is 1.31 bits per heavy atom. The van der Waals surface area contributed by atoms with E-state index >= 15 is 0 Å². The second-order valence-electron chi connectivity index (χ2n) is 3.53. The number of likely N-dealkylation sites (N-methyl/N-ethyl adjacent to an activating group) is 1. The van der Waals surface area contributed by atoms with Crippen LogP contribution in [0.2, 0.25) is 0 Å². The first kappa shape index (κ1) is 12.3. The van der Waals surface area contributed by atoms with Gasteiger partial charge in [-0.2, -0.15) is 0 Å². The van der Waals surface area contributed by atoms with Crippen LogP contribution in [0.3, 0.4) is 0 Å². The largest absolute Gasteiger partial charge is 0.309 e. The molecule has 0 spiro atoms. The number of halogens is 1. The Kier molecular flexibility index (Phi) is 4.58. The van der Waals surface area contributed by atoms with Gasteiger partial charge in [0.05, 0.1) is 0 Å². The zero-order chi connectivity index (χ0) is 11.4. The smallest absolute Gasteiger partial charge is 0.0474 e. The van der Waals surface area contributed by atoms with E-state index in [1.165, 1.54) is 14.2 Å². The fraction of sp³-hybridized carbons (Fsp3) is 0.333. The zero-order valence-electron chi connectivity index (χ0n) is 9.07. The van der Waals surface area contributed by atoms with Crippen LogP contribution in [-0.4, -0.2) is 6.54 Å². The number of hydrogen-bond donors (Lipinski definition) is 1. The fourth-order valence-electron chi connectivity index (χ4n) is 1.69. The van der Waals surface area contributed by atoms with Crippen molar-refractivity contribution in [1.82, 2.24) is 5.32 Å². The van der Waals surface area contributed by atoms with Crippen LogP contribution in [0.4, 0.5) is 0 Å². The van der Waals surface area contributed by atoms with Gasteiger partial charge in [-0.05, 0) is 45.4 Å². The maximum absolute atomic E-state index is 3.61. The molecule has 0 aliphatic rings. The van der Waals surface area contributed by atoms with E-state index in [0.717, 1.165) is 13.0 Å². The summed E-state index contributed by atoms with van der Waals surface area (Å²) in [5.74, 6) is 0. The molecule has 0 bridgehead atoms. The quantitative estimate of drug-likeness (QED) is 0.858. The molecule has 1 unspecified atom stereocenters. The average Bonchev–Trinajstić information content (AvgIpc) is 2.88. The molecule has 2 heterocycles. The van der Waals surface area contributed by atoms with E-state index in [0.29, 0.717) is 6.04 Å². The van der Waals surface area contributed by atoms with Crippen molar-refractivity contribution in [2.75, 3.05) is 6.54 Å². The molecule has 0 saturated heterocycles. The van der Waals surface area contributed by atoms with Gasteiger partial charge in [-0.1, -0.05) is 13.0 Å². The fourth-order valence-corrected chi connectivity index (χ4v) is 4.17. The lowest BCUT2D eigenvalue weighted by molar-refractivity contribution is 0.560. The second kappa shape index (κ2) is 5.96. The molecule has 0 saturated carbocycles. The predicted molar refractivity (Wildman–Crippen MR) is 76.5 cm³/mol. The van der Waals surface area contributed by atoms with Crippen molar-refractivity contribution in [1.29, 1.82) is 0 Å². The van der Waals surface area contributed by atoms with Crippen molar-refractivity contribution in [2.45, 2.75) is 19.4 Å². The first-order valence-electron chi connectivity index (χ1n) is 5.30. The Morgan fingerprint density at radius 3 is 2.75 bits per heavy atom. The van der Waals surface area contributed by atoms with Gasteiger partial charge in [0.15, 0.2) is 0 Å². The molecule has 0 radical (unpaired) electrons. The van der Waals surface area contributed by atoms with Crippen LogP contribution < -0.4 is 5.32 Å². The van der Waals surface area contributed by atoms with Gasteiger partial charge in [0.25, 0.3) is 0 Å². The summed E-state index contributed by atoms with van der Waals surface area (Å²) in [7, 11) is 0. The van der Waals surface area contributed by atoms with Gasteiger partial charge in [0.1, 0.15) is 0 Å². The highest BCUT2D eigenvalue weighted by molar-refractivity contribution is 9.10. The van der Waals surface area contributed by atoms with Crippen LogP contribution in [0.15, 0.2) is 33.4 Å². The van der Waals surface area contributed by atoms with E-state index in [-0.39, 0.29) is 0 Å². The molecule has 16 heavy (non-hydrogen) atoms. The maximum atomic E-state index is 3.61. The van der Waals surface area contributed by atoms with Gasteiger partial charge < -0.3 is 5.32 Å². The Labute approximate surface area is 113 Å². The van der Waals surface area contributed by atoms with Gasteiger partial charge in [0, 0.05) is 26.7 Å². The normalized spacial score (nSPS) is 12.9. The number of hydrogen-bond acceptors (Lipinski definition) is 3. The van der Waals surface area contributed by atoms with E-state index in [9.17, 15) is 0 Å². The van der Waals surface area contributed by atoms with Gasteiger partial charge in [-0.25, -0.2) is 0 Å². The second-order valence-corrected chi connectivity index (χ2v) is 6.36. The van der Waals surface area contributed by atoms with E-state index in [2.05, 4.69) is 57.1 Å². The van der Waals surface area contributed by atoms with Crippen LogP contribution in [0.5, 0.6) is 0 Å². The number of nitrogens with one attached hydrogen (secondary N) is 1. The summed E-state index contributed by atoms with van der Waals surface area (Å²) in [5.41, 5.74) is 0. The molecular formula is C12H14BrNS2. The summed E-state index contributed by atoms with van der Waals surface area (Å²) in [4.78, 5) is 2.83. The van der Waals surface area contributed by atoms with Crippen molar-refractivity contribution < 1.29 is 0 Å². The summed E-state index contributed by atoms with van der Waals surface area (Å²) in [6.07, 6.45) is 1.07. The van der Waals surface area contributed by atoms with E-state index < -0.39 is 0 Å². The van der Waals surface area contributed by atoms with Crippen LogP contribution in [0.25, 0.3) is 0 Å². The third-order valence-corrected chi connectivity index (χ3v) is 5.28. The highest BCUT2D eigenvalue weighted by Crippen LogP contribution is 2.31. The van der Waals surface area contributed by atoms with Gasteiger partial charge in [-0.15, -0.1) is 22.7 Å². The number of rotatable bonds is 5. The summed E-state index contributed by atoms with van der Waals surface area (Å²) in [6, 6.07) is 6.87. The molecular weight excluding hydrogens is 302 g/mol. The Bertz CT molecular complexity index is 422. The first-order chi connectivity index (χ1) is 7.81. The summed E-state index contributed by atoms with van der Waals surface area (Å²) in [5, 5.41) is 7.83. The molecule has 0 aliphatic carbocycles. The lowest BCUT2D eigenvalue weighted by Crippen LogP contribution is -2.22. The van der Waals surface area contributed by atoms with Crippen LogP contribution in [0, 0.1) is 0 Å². The molecule has 4 heteroatoms. The molecule has 0 fully saturated rings. The summed E-state index contributed by atoms with van der Waals surface area (Å²) < 4.78 is 1.22. The van der Waals surface area contributed by atoms with Crippen molar-refractivity contribution in [3.8, 4) is 0 Å². The molecule has 0 aliphatic heterocycles. The molecule has 2 aromatic rings. The molecule has 0 amide bonds. The predicted octanol–water partition coefficient (Wildman–Crippen LogP) is 4.47. The molecule has 1 nitrogen and oxygen atoms in total. The zero-order valence-corrected chi connectivity index (χ0v) is 12.3. The van der Waals surface area contributed by atoms with Crippen molar-refractivity contribution in [2.24, 2.45) is 0 Å². The lowest BCUT2D eigenvalue weighted by atomic mass is 10.1. The van der Waals surface area contributed by atoms with Crippen LogP contribution in [-0.2, 0) is 6.42 Å². The molecule has 1 atom stereocenters. The Balaban J connectivity index is 2.14. The highest BCUT2D eigenvalue weighted by Gasteiger charge is 2.15. The lowest BCUT2D eigenvalue weighted by Gasteiger charge is -2.16. The van der Waals surface area contributed by atoms with E-state index in [1.54, 1.807) is 0 Å². The third kappa shape index (κ3) is 2.94. The van der Waals surface area contributed by atoms with Gasteiger partial charge in [0.2, 0.25) is 0 Å². The third-order valence-electron chi connectivity index (χ3n) is 2.40. The van der Waals surface area contributed by atoms with Crippen molar-refractivity contribution in [3.63, 3.8) is 0 Å². The topological polar surface area (TPSA) is 12.0 Å². The minimum Gasteiger partial charge on any atom is -0.309 e. The first-order valence-corrected chi connectivity index (χ1v) is 7.85. The van der Waals surface area contributed by atoms with E-state index in [1.807, 2.05) is 22.7 Å². The maximum Gasteiger partial charge on any atom is 0.0474 e. The van der Waals surface area contributed by atoms with Crippen LogP contribution >= 0.6 is 38.6 Å². The van der Waals surface area contributed by atoms with Crippen molar-refractivity contribution in [3.05, 3.63) is 43.2 Å². The average molecular weight is 316 g/mol.